The molecule has 0 fully saturated rings. The largest absolute Gasteiger partial charge is 0.288 e. The third-order valence-corrected chi connectivity index (χ3v) is 9.63. The van der Waals surface area contributed by atoms with E-state index in [9.17, 15) is 9.59 Å². The minimum atomic E-state index is -0.185. The van der Waals surface area contributed by atoms with Gasteiger partial charge in [0.2, 0.25) is 0 Å². The van der Waals surface area contributed by atoms with Crippen LogP contribution in [0.1, 0.15) is 36.0 Å². The molecule has 0 atom stereocenters. The van der Waals surface area contributed by atoms with Gasteiger partial charge in [0, 0.05) is 38.1 Å². The number of Topliss-reactive ketones (excluding diaryl/α,β-unsaturated/α-hetero) is 2. The highest BCUT2D eigenvalue weighted by Crippen LogP contribution is 2.36. The zero-order valence-electron chi connectivity index (χ0n) is 15.2. The van der Waals surface area contributed by atoms with Crippen LogP contribution < -0.4 is 0 Å². The number of ketones is 2. The summed E-state index contributed by atoms with van der Waals surface area (Å²) >= 11 is 7.58. The zero-order valence-corrected chi connectivity index (χ0v) is 21.1. The topological polar surface area (TPSA) is 34.1 Å². The lowest BCUT2D eigenvalue weighted by atomic mass is 10.1. The number of hydrogen-bond acceptors (Lipinski definition) is 4. The van der Waals surface area contributed by atoms with Crippen molar-refractivity contribution in [3.8, 4) is 11.8 Å². The molecule has 6 heteroatoms. The van der Waals surface area contributed by atoms with Gasteiger partial charge in [0.1, 0.15) is 0 Å². The van der Waals surface area contributed by atoms with Gasteiger partial charge in [-0.2, -0.15) is 0 Å². The maximum absolute atomic E-state index is 12.8. The number of hydrogen-bond donors (Lipinski definition) is 0. The Kier molecular flexibility index (Phi) is 5.39. The van der Waals surface area contributed by atoms with Gasteiger partial charge in [-0.05, 0) is 87.7 Å². The monoisotopic (exact) mass is 648 g/mol. The summed E-state index contributed by atoms with van der Waals surface area (Å²) in [5.74, 6) is 6.02. The van der Waals surface area contributed by atoms with Crippen molar-refractivity contribution in [3.63, 3.8) is 0 Å². The third-order valence-electron chi connectivity index (χ3n) is 4.66. The summed E-state index contributed by atoms with van der Waals surface area (Å²) in [7, 11) is 0. The predicted molar refractivity (Wildman–Crippen MR) is 141 cm³/mol. The van der Waals surface area contributed by atoms with Crippen LogP contribution in [0, 0.1) is 19.0 Å². The van der Waals surface area contributed by atoms with E-state index in [2.05, 4.69) is 63.1 Å². The van der Waals surface area contributed by atoms with Crippen molar-refractivity contribution in [2.75, 3.05) is 0 Å². The minimum absolute atomic E-state index is 0.185. The average molecular weight is 648 g/mol. The second kappa shape index (κ2) is 8.04. The molecular formula is C24H10I2O2S2. The van der Waals surface area contributed by atoms with Crippen molar-refractivity contribution in [2.45, 2.75) is 0 Å². The van der Waals surface area contributed by atoms with Gasteiger partial charge in [-0.3, -0.25) is 9.59 Å². The molecule has 0 N–H and O–H groups in total. The first-order valence-corrected chi connectivity index (χ1v) is 12.7. The van der Waals surface area contributed by atoms with Gasteiger partial charge in [-0.25, -0.2) is 0 Å². The van der Waals surface area contributed by atoms with E-state index in [1.54, 1.807) is 28.7 Å². The molecule has 4 aromatic rings. The number of thiophene rings is 2. The normalized spacial score (nSPS) is 12.8. The average Bonchev–Trinajstić information content (AvgIpc) is 3.35. The molecule has 0 unspecified atom stereocenters. The Hall–Kier alpha value is -1.80. The Morgan fingerprint density at radius 2 is 1.40 bits per heavy atom. The van der Waals surface area contributed by atoms with E-state index in [1.165, 1.54) is 0 Å². The highest BCUT2D eigenvalue weighted by molar-refractivity contribution is 14.1. The molecule has 2 aromatic carbocycles. The Labute approximate surface area is 208 Å². The van der Waals surface area contributed by atoms with Crippen LogP contribution in [-0.2, 0) is 0 Å². The van der Waals surface area contributed by atoms with Crippen molar-refractivity contribution in [2.24, 2.45) is 0 Å². The molecule has 0 amide bonds. The molecule has 2 nitrogen and oxygen atoms in total. The zero-order chi connectivity index (χ0) is 20.8. The van der Waals surface area contributed by atoms with Crippen molar-refractivity contribution in [1.82, 2.24) is 0 Å². The van der Waals surface area contributed by atoms with E-state index >= 15 is 0 Å². The Balaban J connectivity index is 1.46. The number of benzene rings is 2. The number of halogens is 2. The van der Waals surface area contributed by atoms with Gasteiger partial charge in [-0.15, -0.1) is 22.7 Å². The van der Waals surface area contributed by atoms with Crippen LogP contribution in [0.3, 0.4) is 0 Å². The molecule has 0 saturated heterocycles. The van der Waals surface area contributed by atoms with Crippen LogP contribution in [-0.4, -0.2) is 11.6 Å². The van der Waals surface area contributed by atoms with Crippen molar-refractivity contribution >= 4 is 94.9 Å². The molecule has 5 rings (SSSR count). The van der Waals surface area contributed by atoms with Crippen LogP contribution in [0.4, 0.5) is 0 Å². The highest BCUT2D eigenvalue weighted by Gasteiger charge is 2.34. The highest BCUT2D eigenvalue weighted by atomic mass is 127. The molecule has 0 radical (unpaired) electrons. The Morgan fingerprint density at radius 1 is 0.767 bits per heavy atom. The summed E-state index contributed by atoms with van der Waals surface area (Å²) in [6, 6.07) is 17.6. The van der Waals surface area contributed by atoms with Gasteiger partial charge >= 0.3 is 0 Å². The Bertz CT molecular complexity index is 1370. The first-order chi connectivity index (χ1) is 14.5. The molecular weight excluding hydrogens is 638 g/mol. The number of allylic oxidation sites excluding steroid dienone is 1. The molecule has 1 aliphatic rings. The molecule has 0 saturated carbocycles. The molecule has 144 valence electrons. The van der Waals surface area contributed by atoms with E-state index in [1.807, 2.05) is 48.5 Å². The summed E-state index contributed by atoms with van der Waals surface area (Å²) in [6.07, 6.45) is 1.73. The molecule has 2 aromatic heterocycles. The minimum Gasteiger partial charge on any atom is -0.288 e. The number of carbonyl (C=O) groups excluding carboxylic acids is 2. The van der Waals surface area contributed by atoms with Gasteiger partial charge in [-0.1, -0.05) is 30.0 Å². The first-order valence-electron chi connectivity index (χ1n) is 8.90. The molecule has 0 aliphatic heterocycles. The van der Waals surface area contributed by atoms with Crippen LogP contribution >= 0.6 is 67.9 Å². The fourth-order valence-electron chi connectivity index (χ4n) is 3.23. The summed E-state index contributed by atoms with van der Waals surface area (Å²) < 4.78 is 4.19. The predicted octanol–water partition coefficient (Wildman–Crippen LogP) is 7.03. The van der Waals surface area contributed by atoms with Crippen LogP contribution in [0.15, 0.2) is 60.2 Å². The number of carbonyl (C=O) groups is 2. The van der Waals surface area contributed by atoms with Crippen molar-refractivity contribution in [1.29, 1.82) is 0 Å². The lowest BCUT2D eigenvalue weighted by Crippen LogP contribution is -1.99. The standard InChI is InChI=1S/C24H10I2O2S2/c25-19-11-16-17(12-20(19)26)24(28)18(23(16)27)8-15-10-22-21(30-15)9-14(29-22)7-6-13-4-2-1-3-5-13/h1-5,8-12H. The van der Waals surface area contributed by atoms with Crippen molar-refractivity contribution < 1.29 is 9.59 Å². The SMILES string of the molecule is O=C1C(=Cc2cc3sc(C#Cc4ccccc4)cc3s2)C(=O)c2cc(I)c(I)cc21. The lowest BCUT2D eigenvalue weighted by molar-refractivity contribution is 0.0990. The van der Waals surface area contributed by atoms with E-state index in [4.69, 9.17) is 0 Å². The van der Waals surface area contributed by atoms with E-state index in [-0.39, 0.29) is 17.1 Å². The maximum atomic E-state index is 12.8. The van der Waals surface area contributed by atoms with E-state index in [0.717, 1.165) is 31.9 Å². The van der Waals surface area contributed by atoms with Crippen LogP contribution in [0.5, 0.6) is 0 Å². The van der Waals surface area contributed by atoms with Gasteiger partial charge in [0.05, 0.1) is 10.5 Å². The summed E-state index contributed by atoms with van der Waals surface area (Å²) in [5.41, 5.74) is 2.25. The first kappa shape index (κ1) is 20.1. The smallest absolute Gasteiger partial charge is 0.197 e. The Morgan fingerprint density at radius 3 is 2.03 bits per heavy atom. The quantitative estimate of drug-likeness (QED) is 0.0962. The molecule has 2 heterocycles. The van der Waals surface area contributed by atoms with E-state index < -0.39 is 0 Å². The number of rotatable bonds is 1. The van der Waals surface area contributed by atoms with Gasteiger partial charge < -0.3 is 0 Å². The molecule has 0 bridgehead atoms. The lowest BCUT2D eigenvalue weighted by Gasteiger charge is -1.99. The van der Waals surface area contributed by atoms with Crippen molar-refractivity contribution in [3.05, 3.63) is 93.8 Å². The van der Waals surface area contributed by atoms with Crippen LogP contribution in [0.25, 0.3) is 15.5 Å². The summed E-state index contributed by atoms with van der Waals surface area (Å²) in [5, 5.41) is 0. The molecule has 0 spiro atoms. The van der Waals surface area contributed by atoms with Crippen LogP contribution in [0.2, 0.25) is 0 Å². The fraction of sp³-hybridized carbons (Fsp3) is 0. The van der Waals surface area contributed by atoms with Gasteiger partial charge in [0.15, 0.2) is 11.6 Å². The summed E-state index contributed by atoms with van der Waals surface area (Å²) in [4.78, 5) is 27.5. The third kappa shape index (κ3) is 3.68. The maximum Gasteiger partial charge on any atom is 0.197 e. The number of fused-ring (bicyclic) bond motifs is 2. The molecule has 30 heavy (non-hydrogen) atoms. The second-order valence-corrected chi connectivity index (χ2v) is 11.2. The fourth-order valence-corrected chi connectivity index (χ4v) is 6.37. The van der Waals surface area contributed by atoms with Gasteiger partial charge in [0.25, 0.3) is 0 Å². The molecule has 1 aliphatic carbocycles. The summed E-state index contributed by atoms with van der Waals surface area (Å²) in [6.45, 7) is 0. The second-order valence-electron chi connectivity index (χ2n) is 6.63. The van der Waals surface area contributed by atoms with E-state index in [0.29, 0.717) is 11.1 Å².